The van der Waals surface area contributed by atoms with Crippen molar-refractivity contribution in [3.63, 3.8) is 0 Å². The third kappa shape index (κ3) is 4.32. The monoisotopic (exact) mass is 362 g/mol. The molecule has 1 heterocycles. The average molecular weight is 362 g/mol. The summed E-state index contributed by atoms with van der Waals surface area (Å²) in [6.45, 7) is 3.92. The number of rotatable bonds is 5. The predicted molar refractivity (Wildman–Crippen MR) is 81.1 cm³/mol. The van der Waals surface area contributed by atoms with Gasteiger partial charge < -0.3 is 9.84 Å². The Labute approximate surface area is 143 Å². The first-order valence-electron chi connectivity index (χ1n) is 8.11. The van der Waals surface area contributed by atoms with Gasteiger partial charge in [-0.15, -0.1) is 0 Å². The molecule has 25 heavy (non-hydrogen) atoms. The lowest BCUT2D eigenvalue weighted by molar-refractivity contribution is -0.146. The van der Waals surface area contributed by atoms with Crippen molar-refractivity contribution in [2.75, 3.05) is 6.61 Å². The molecule has 0 atom stereocenters. The van der Waals surface area contributed by atoms with Gasteiger partial charge >= 0.3 is 18.1 Å². The molecular weight excluding hydrogens is 341 g/mol. The van der Waals surface area contributed by atoms with E-state index in [0.29, 0.717) is 25.7 Å². The van der Waals surface area contributed by atoms with Gasteiger partial charge in [0, 0.05) is 0 Å². The SMILES string of the molecule is CCOC(=O)CC1(C)CCC(n2ncc(C(=O)O)c2C(F)(F)F)CC1. The van der Waals surface area contributed by atoms with Crippen LogP contribution < -0.4 is 0 Å². The maximum Gasteiger partial charge on any atom is 0.433 e. The molecule has 0 bridgehead atoms. The van der Waals surface area contributed by atoms with Crippen LogP contribution in [-0.4, -0.2) is 33.4 Å². The van der Waals surface area contributed by atoms with E-state index in [0.717, 1.165) is 10.9 Å². The molecule has 1 fully saturated rings. The van der Waals surface area contributed by atoms with E-state index in [4.69, 9.17) is 9.84 Å². The van der Waals surface area contributed by atoms with Gasteiger partial charge in [-0.25, -0.2) is 4.79 Å². The van der Waals surface area contributed by atoms with Gasteiger partial charge in [0.15, 0.2) is 5.69 Å². The van der Waals surface area contributed by atoms with Gasteiger partial charge in [0.2, 0.25) is 0 Å². The Bertz CT molecular complexity index is 646. The van der Waals surface area contributed by atoms with Crippen LogP contribution in [0.4, 0.5) is 13.2 Å². The molecule has 1 aliphatic rings. The van der Waals surface area contributed by atoms with E-state index in [2.05, 4.69) is 5.10 Å². The van der Waals surface area contributed by atoms with E-state index in [-0.39, 0.29) is 24.4 Å². The van der Waals surface area contributed by atoms with Crippen molar-refractivity contribution in [1.29, 1.82) is 0 Å². The zero-order chi connectivity index (χ0) is 18.8. The fourth-order valence-electron chi connectivity index (χ4n) is 3.36. The highest BCUT2D eigenvalue weighted by Gasteiger charge is 2.43. The van der Waals surface area contributed by atoms with Crippen molar-refractivity contribution in [3.05, 3.63) is 17.5 Å². The second-order valence-corrected chi connectivity index (χ2v) is 6.68. The summed E-state index contributed by atoms with van der Waals surface area (Å²) in [6, 6.07) is -0.542. The largest absolute Gasteiger partial charge is 0.478 e. The van der Waals surface area contributed by atoms with Crippen LogP contribution >= 0.6 is 0 Å². The van der Waals surface area contributed by atoms with Crippen molar-refractivity contribution in [3.8, 4) is 0 Å². The molecule has 9 heteroatoms. The number of carbonyl (C=O) groups excluding carboxylic acids is 1. The summed E-state index contributed by atoms with van der Waals surface area (Å²) >= 11 is 0. The van der Waals surface area contributed by atoms with E-state index >= 15 is 0 Å². The van der Waals surface area contributed by atoms with E-state index < -0.39 is 29.4 Å². The van der Waals surface area contributed by atoms with Crippen molar-refractivity contribution in [2.24, 2.45) is 5.41 Å². The number of aromatic carboxylic acids is 1. The highest BCUT2D eigenvalue weighted by molar-refractivity contribution is 5.88. The van der Waals surface area contributed by atoms with Crippen LogP contribution in [0.15, 0.2) is 6.20 Å². The van der Waals surface area contributed by atoms with Crippen LogP contribution in [0.5, 0.6) is 0 Å². The lowest BCUT2D eigenvalue weighted by Gasteiger charge is -2.37. The number of carboxylic acid groups (broad SMARTS) is 1. The number of ether oxygens (including phenoxy) is 1. The smallest absolute Gasteiger partial charge is 0.433 e. The molecule has 140 valence electrons. The van der Waals surface area contributed by atoms with Crippen LogP contribution in [0.1, 0.15) is 68.0 Å². The number of nitrogens with zero attached hydrogens (tertiary/aromatic N) is 2. The molecule has 1 aliphatic carbocycles. The summed E-state index contributed by atoms with van der Waals surface area (Å²) < 4.78 is 45.6. The normalized spacial score (nSPS) is 24.1. The molecule has 6 nitrogen and oxygen atoms in total. The highest BCUT2D eigenvalue weighted by Crippen LogP contribution is 2.45. The number of hydrogen-bond acceptors (Lipinski definition) is 4. The first-order chi connectivity index (χ1) is 11.6. The minimum atomic E-state index is -4.80. The maximum atomic E-state index is 13.3. The molecule has 1 aromatic rings. The van der Waals surface area contributed by atoms with Crippen molar-refractivity contribution < 1.29 is 32.6 Å². The van der Waals surface area contributed by atoms with Crippen LogP contribution in [0.3, 0.4) is 0 Å². The topological polar surface area (TPSA) is 81.4 Å². The Morgan fingerprint density at radius 1 is 1.40 bits per heavy atom. The van der Waals surface area contributed by atoms with Gasteiger partial charge in [-0.3, -0.25) is 9.48 Å². The standard InChI is InChI=1S/C16H21F3N2O4/c1-3-25-12(22)8-15(2)6-4-10(5-7-15)21-13(16(17,18)19)11(9-20-21)14(23)24/h9-10H,3-8H2,1-2H3,(H,23,24). The lowest BCUT2D eigenvalue weighted by Crippen LogP contribution is -2.31. The van der Waals surface area contributed by atoms with Gasteiger partial charge in [-0.2, -0.15) is 18.3 Å². The Morgan fingerprint density at radius 3 is 2.48 bits per heavy atom. The zero-order valence-corrected chi connectivity index (χ0v) is 14.1. The Hall–Kier alpha value is -2.06. The van der Waals surface area contributed by atoms with E-state index in [9.17, 15) is 22.8 Å². The molecule has 0 saturated heterocycles. The number of hydrogen-bond donors (Lipinski definition) is 1. The van der Waals surface area contributed by atoms with Crippen molar-refractivity contribution >= 4 is 11.9 Å². The quantitative estimate of drug-likeness (QED) is 0.808. The number of esters is 1. The summed E-state index contributed by atoms with van der Waals surface area (Å²) in [5.41, 5.74) is -2.39. The van der Waals surface area contributed by atoms with Gasteiger partial charge in [0.05, 0.1) is 25.3 Å². The summed E-state index contributed by atoms with van der Waals surface area (Å²) in [6.07, 6.45) is -1.97. The fraction of sp³-hybridized carbons (Fsp3) is 0.688. The molecule has 0 amide bonds. The molecule has 2 rings (SSSR count). The second-order valence-electron chi connectivity index (χ2n) is 6.68. The fourth-order valence-corrected chi connectivity index (χ4v) is 3.36. The van der Waals surface area contributed by atoms with Gasteiger partial charge in [-0.1, -0.05) is 6.92 Å². The highest BCUT2D eigenvalue weighted by atomic mass is 19.4. The molecule has 1 aromatic heterocycles. The predicted octanol–water partition coefficient (Wildman–Crippen LogP) is 3.67. The minimum absolute atomic E-state index is 0.221. The Balaban J connectivity index is 2.16. The van der Waals surface area contributed by atoms with Crippen molar-refractivity contribution in [2.45, 2.75) is 58.2 Å². The number of carbonyl (C=O) groups is 2. The third-order valence-electron chi connectivity index (χ3n) is 4.68. The van der Waals surface area contributed by atoms with Crippen LogP contribution in [0.2, 0.25) is 0 Å². The van der Waals surface area contributed by atoms with Crippen LogP contribution in [0.25, 0.3) is 0 Å². The lowest BCUT2D eigenvalue weighted by atomic mass is 9.72. The van der Waals surface area contributed by atoms with Gasteiger partial charge in [0.25, 0.3) is 0 Å². The maximum absolute atomic E-state index is 13.3. The molecule has 0 radical (unpaired) electrons. The molecule has 0 aliphatic heterocycles. The molecule has 0 spiro atoms. The number of carboxylic acids is 1. The third-order valence-corrected chi connectivity index (χ3v) is 4.68. The second kappa shape index (κ2) is 7.05. The van der Waals surface area contributed by atoms with Crippen molar-refractivity contribution in [1.82, 2.24) is 9.78 Å². The molecular formula is C16H21F3N2O4. The molecule has 0 aromatic carbocycles. The molecule has 0 unspecified atom stereocenters. The minimum Gasteiger partial charge on any atom is -0.478 e. The Morgan fingerprint density at radius 2 is 2.00 bits per heavy atom. The number of halogens is 3. The Kier molecular flexibility index (Phi) is 5.43. The van der Waals surface area contributed by atoms with E-state index in [1.165, 1.54) is 0 Å². The summed E-state index contributed by atoms with van der Waals surface area (Å²) in [7, 11) is 0. The number of alkyl halides is 3. The average Bonchev–Trinajstić information content (AvgIpc) is 2.93. The molecule has 1 saturated carbocycles. The van der Waals surface area contributed by atoms with Gasteiger partial charge in [0.1, 0.15) is 5.56 Å². The van der Waals surface area contributed by atoms with Crippen LogP contribution in [0, 0.1) is 5.41 Å². The first-order valence-corrected chi connectivity index (χ1v) is 8.11. The molecule has 1 N–H and O–H groups in total. The first kappa shape index (κ1) is 19.3. The summed E-state index contributed by atoms with van der Waals surface area (Å²) in [5, 5.41) is 12.7. The van der Waals surface area contributed by atoms with E-state index in [1.807, 2.05) is 6.92 Å². The van der Waals surface area contributed by atoms with E-state index in [1.54, 1.807) is 6.92 Å². The number of aromatic nitrogens is 2. The summed E-state index contributed by atoms with van der Waals surface area (Å²) in [4.78, 5) is 22.7. The van der Waals surface area contributed by atoms with Gasteiger partial charge in [-0.05, 0) is 38.0 Å². The van der Waals surface area contributed by atoms with Crippen LogP contribution in [-0.2, 0) is 15.7 Å². The summed E-state index contributed by atoms with van der Waals surface area (Å²) in [5.74, 6) is -1.96. The zero-order valence-electron chi connectivity index (χ0n) is 14.1.